The second-order valence-electron chi connectivity index (χ2n) is 5.27. The minimum atomic E-state index is -0.101. The standard InChI is InChI=1S/C18H23NO2/c1-4-5-11-15-17(21-3)12-16(20)13(2)18(15)19-14-9-7-6-8-10-14/h6-10,12-13,20H,4-5,11H2,1-3H3. The topological polar surface area (TPSA) is 41.8 Å². The van der Waals surface area contributed by atoms with E-state index in [1.165, 1.54) is 0 Å². The van der Waals surface area contributed by atoms with Gasteiger partial charge in [-0.1, -0.05) is 31.5 Å². The van der Waals surface area contributed by atoms with E-state index in [1.54, 1.807) is 13.2 Å². The number of aliphatic imine (C=N–C) groups is 1. The molecule has 21 heavy (non-hydrogen) atoms. The first-order valence-corrected chi connectivity index (χ1v) is 7.49. The highest BCUT2D eigenvalue weighted by atomic mass is 16.5. The van der Waals surface area contributed by atoms with E-state index in [0.29, 0.717) is 5.76 Å². The Kier molecular flexibility index (Phi) is 5.20. The molecule has 0 bridgehead atoms. The van der Waals surface area contributed by atoms with Crippen LogP contribution in [0.15, 0.2) is 58.5 Å². The molecule has 1 aliphatic carbocycles. The first kappa shape index (κ1) is 15.4. The smallest absolute Gasteiger partial charge is 0.127 e. The van der Waals surface area contributed by atoms with Gasteiger partial charge in [-0.05, 0) is 31.9 Å². The van der Waals surface area contributed by atoms with Gasteiger partial charge in [0.15, 0.2) is 0 Å². The molecule has 1 aliphatic rings. The lowest BCUT2D eigenvalue weighted by molar-refractivity contribution is 0.290. The second kappa shape index (κ2) is 7.11. The zero-order valence-corrected chi connectivity index (χ0v) is 13.0. The molecule has 0 saturated carbocycles. The van der Waals surface area contributed by atoms with Crippen LogP contribution in [0.3, 0.4) is 0 Å². The van der Waals surface area contributed by atoms with Crippen LogP contribution >= 0.6 is 0 Å². The number of methoxy groups -OCH3 is 1. The molecule has 1 aromatic carbocycles. The van der Waals surface area contributed by atoms with Crippen molar-refractivity contribution in [2.75, 3.05) is 7.11 Å². The zero-order valence-electron chi connectivity index (χ0n) is 13.0. The van der Waals surface area contributed by atoms with Crippen molar-refractivity contribution in [1.29, 1.82) is 0 Å². The maximum absolute atomic E-state index is 10.1. The van der Waals surface area contributed by atoms with Gasteiger partial charge in [0.25, 0.3) is 0 Å². The van der Waals surface area contributed by atoms with Crippen molar-refractivity contribution in [3.05, 3.63) is 53.5 Å². The second-order valence-corrected chi connectivity index (χ2v) is 5.27. The van der Waals surface area contributed by atoms with Crippen molar-refractivity contribution in [2.45, 2.75) is 33.1 Å². The molecule has 1 atom stereocenters. The Labute approximate surface area is 126 Å². The van der Waals surface area contributed by atoms with Gasteiger partial charge in [0.1, 0.15) is 11.5 Å². The van der Waals surface area contributed by atoms with Crippen molar-refractivity contribution in [2.24, 2.45) is 10.9 Å². The van der Waals surface area contributed by atoms with Gasteiger partial charge in [-0.25, -0.2) is 0 Å². The predicted molar refractivity (Wildman–Crippen MR) is 87.0 cm³/mol. The number of aliphatic hydroxyl groups is 1. The molecule has 3 nitrogen and oxygen atoms in total. The monoisotopic (exact) mass is 285 g/mol. The molecule has 3 heteroatoms. The Morgan fingerprint density at radius 2 is 1.95 bits per heavy atom. The summed E-state index contributed by atoms with van der Waals surface area (Å²) in [5.41, 5.74) is 2.92. The summed E-state index contributed by atoms with van der Waals surface area (Å²) >= 11 is 0. The average Bonchev–Trinajstić information content (AvgIpc) is 2.51. The molecule has 1 N–H and O–H groups in total. The number of unbranched alkanes of at least 4 members (excludes halogenated alkanes) is 1. The number of nitrogens with zero attached hydrogens (tertiary/aromatic N) is 1. The van der Waals surface area contributed by atoms with Gasteiger partial charge < -0.3 is 9.84 Å². The van der Waals surface area contributed by atoms with E-state index in [4.69, 9.17) is 9.73 Å². The Balaban J connectivity index is 2.46. The predicted octanol–water partition coefficient (Wildman–Crippen LogP) is 4.94. The summed E-state index contributed by atoms with van der Waals surface area (Å²) < 4.78 is 5.45. The first-order valence-electron chi connectivity index (χ1n) is 7.49. The van der Waals surface area contributed by atoms with Crippen molar-refractivity contribution in [3.63, 3.8) is 0 Å². The van der Waals surface area contributed by atoms with E-state index in [1.807, 2.05) is 37.3 Å². The molecule has 0 saturated heterocycles. The summed E-state index contributed by atoms with van der Waals surface area (Å²) in [6, 6.07) is 9.85. The number of hydrogen-bond acceptors (Lipinski definition) is 3. The van der Waals surface area contributed by atoms with Gasteiger partial charge in [-0.3, -0.25) is 4.99 Å². The summed E-state index contributed by atoms with van der Waals surface area (Å²) in [5.74, 6) is 0.937. The molecule has 112 valence electrons. The van der Waals surface area contributed by atoms with Gasteiger partial charge in [-0.15, -0.1) is 0 Å². The third-order valence-corrected chi connectivity index (χ3v) is 3.75. The van der Waals surface area contributed by atoms with Gasteiger partial charge in [0.2, 0.25) is 0 Å². The molecule has 1 unspecified atom stereocenters. The van der Waals surface area contributed by atoms with E-state index >= 15 is 0 Å². The fourth-order valence-corrected chi connectivity index (χ4v) is 2.47. The van der Waals surface area contributed by atoms with Gasteiger partial charge in [0, 0.05) is 11.6 Å². The van der Waals surface area contributed by atoms with Crippen molar-refractivity contribution in [1.82, 2.24) is 0 Å². The van der Waals surface area contributed by atoms with E-state index in [9.17, 15) is 5.11 Å². The number of hydrogen-bond donors (Lipinski definition) is 1. The lowest BCUT2D eigenvalue weighted by Crippen LogP contribution is -2.22. The highest BCUT2D eigenvalue weighted by Crippen LogP contribution is 2.31. The minimum Gasteiger partial charge on any atom is -0.511 e. The SMILES string of the molecule is CCCCC1=C(OC)C=C(O)C(C)C1=Nc1ccccc1. The fourth-order valence-electron chi connectivity index (χ4n) is 2.47. The largest absolute Gasteiger partial charge is 0.511 e. The Morgan fingerprint density at radius 1 is 1.24 bits per heavy atom. The molecule has 0 spiro atoms. The molecule has 0 heterocycles. The van der Waals surface area contributed by atoms with Crippen LogP contribution in [0.2, 0.25) is 0 Å². The Hall–Kier alpha value is -2.03. The number of ether oxygens (including phenoxy) is 1. The summed E-state index contributed by atoms with van der Waals surface area (Å²) in [4.78, 5) is 4.76. The van der Waals surface area contributed by atoms with E-state index in [2.05, 4.69) is 6.92 Å². The molecular weight excluding hydrogens is 262 g/mol. The number of para-hydroxylation sites is 1. The minimum absolute atomic E-state index is 0.101. The molecule has 0 amide bonds. The molecule has 0 fully saturated rings. The van der Waals surface area contributed by atoms with Crippen LogP contribution in [-0.4, -0.2) is 17.9 Å². The number of allylic oxidation sites excluding steroid dienone is 3. The van der Waals surface area contributed by atoms with E-state index in [-0.39, 0.29) is 5.92 Å². The zero-order chi connectivity index (χ0) is 15.2. The third kappa shape index (κ3) is 3.54. The number of rotatable bonds is 5. The van der Waals surface area contributed by atoms with Crippen LogP contribution in [0.5, 0.6) is 0 Å². The van der Waals surface area contributed by atoms with E-state index in [0.717, 1.165) is 42.0 Å². The average molecular weight is 285 g/mol. The van der Waals surface area contributed by atoms with E-state index < -0.39 is 0 Å². The molecule has 0 radical (unpaired) electrons. The fraction of sp³-hybridized carbons (Fsp3) is 0.389. The molecule has 2 rings (SSSR count). The maximum Gasteiger partial charge on any atom is 0.127 e. The summed E-state index contributed by atoms with van der Waals surface area (Å²) in [7, 11) is 1.64. The van der Waals surface area contributed by atoms with Crippen LogP contribution in [0.4, 0.5) is 5.69 Å². The number of benzene rings is 1. The van der Waals surface area contributed by atoms with Gasteiger partial charge in [0.05, 0.1) is 24.4 Å². The third-order valence-electron chi connectivity index (χ3n) is 3.75. The first-order chi connectivity index (χ1) is 10.2. The summed E-state index contributed by atoms with van der Waals surface area (Å²) in [6.45, 7) is 4.15. The molecule has 0 aromatic heterocycles. The van der Waals surface area contributed by atoms with Crippen LogP contribution in [0, 0.1) is 5.92 Å². The molecule has 0 aliphatic heterocycles. The highest BCUT2D eigenvalue weighted by Gasteiger charge is 2.27. The molecule has 1 aromatic rings. The van der Waals surface area contributed by atoms with Crippen molar-refractivity contribution >= 4 is 11.4 Å². The quantitative estimate of drug-likeness (QED) is 0.832. The lowest BCUT2D eigenvalue weighted by atomic mass is 9.87. The van der Waals surface area contributed by atoms with Crippen LogP contribution in [0.25, 0.3) is 0 Å². The van der Waals surface area contributed by atoms with Gasteiger partial charge in [-0.2, -0.15) is 0 Å². The summed E-state index contributed by atoms with van der Waals surface area (Å²) in [6.07, 6.45) is 4.83. The van der Waals surface area contributed by atoms with Crippen LogP contribution < -0.4 is 0 Å². The van der Waals surface area contributed by atoms with Crippen LogP contribution in [-0.2, 0) is 4.74 Å². The van der Waals surface area contributed by atoms with Crippen molar-refractivity contribution in [3.8, 4) is 0 Å². The molecular formula is C18H23NO2. The lowest BCUT2D eigenvalue weighted by Gasteiger charge is -2.24. The van der Waals surface area contributed by atoms with Crippen molar-refractivity contribution < 1.29 is 9.84 Å². The number of aliphatic hydroxyl groups excluding tert-OH is 1. The van der Waals surface area contributed by atoms with Crippen LogP contribution in [0.1, 0.15) is 33.1 Å². The summed E-state index contributed by atoms with van der Waals surface area (Å²) in [5, 5.41) is 10.1. The highest BCUT2D eigenvalue weighted by molar-refractivity contribution is 6.06. The maximum atomic E-state index is 10.1. The Bertz CT molecular complexity index is 570. The normalized spacial score (nSPS) is 20.6. The Morgan fingerprint density at radius 3 is 2.57 bits per heavy atom. The van der Waals surface area contributed by atoms with Gasteiger partial charge >= 0.3 is 0 Å².